The Balaban J connectivity index is 1.73. The topological polar surface area (TPSA) is 75.6 Å². The molecule has 3 rings (SSSR count). The van der Waals surface area contributed by atoms with Crippen LogP contribution in [0.15, 0.2) is 30.6 Å². The average molecular weight is 408 g/mol. The maximum absolute atomic E-state index is 13.5. The zero-order valence-corrected chi connectivity index (χ0v) is 15.8. The maximum atomic E-state index is 13.5. The number of carbonyl (C=O) groups is 2. The van der Waals surface area contributed by atoms with Crippen molar-refractivity contribution in [2.45, 2.75) is 25.5 Å². The zero-order valence-electron chi connectivity index (χ0n) is 15.8. The summed E-state index contributed by atoms with van der Waals surface area (Å²) in [5.41, 5.74) is 0.249. The van der Waals surface area contributed by atoms with Crippen molar-refractivity contribution >= 4 is 12.0 Å². The summed E-state index contributed by atoms with van der Waals surface area (Å²) in [6.07, 6.45) is -1.20. The van der Waals surface area contributed by atoms with Gasteiger partial charge in [-0.25, -0.2) is 22.9 Å². The summed E-state index contributed by atoms with van der Waals surface area (Å²) < 4.78 is 44.6. The van der Waals surface area contributed by atoms with E-state index in [0.29, 0.717) is 5.69 Å². The van der Waals surface area contributed by atoms with E-state index in [1.54, 1.807) is 14.1 Å². The SMILES string of the molecule is CN(C)C(=O)CC1CN(Cc2cncc(-c3ccc(F)c(C(F)F)c3)n2)C(=O)O1. The highest BCUT2D eigenvalue weighted by atomic mass is 19.3. The van der Waals surface area contributed by atoms with E-state index in [1.807, 2.05) is 0 Å². The molecular weight excluding hydrogens is 389 g/mol. The van der Waals surface area contributed by atoms with Gasteiger partial charge in [-0.3, -0.25) is 14.7 Å². The number of alkyl halides is 2. The molecule has 0 spiro atoms. The molecule has 154 valence electrons. The molecule has 1 unspecified atom stereocenters. The van der Waals surface area contributed by atoms with Gasteiger partial charge in [0.25, 0.3) is 6.43 Å². The van der Waals surface area contributed by atoms with Crippen LogP contribution in [0.3, 0.4) is 0 Å². The molecule has 10 heteroatoms. The normalized spacial score (nSPS) is 16.3. The number of ether oxygens (including phenoxy) is 1. The third kappa shape index (κ3) is 4.82. The van der Waals surface area contributed by atoms with Crippen LogP contribution < -0.4 is 0 Å². The van der Waals surface area contributed by atoms with Crippen molar-refractivity contribution in [2.24, 2.45) is 0 Å². The number of benzene rings is 1. The van der Waals surface area contributed by atoms with Crippen molar-refractivity contribution in [2.75, 3.05) is 20.6 Å². The quantitative estimate of drug-likeness (QED) is 0.735. The molecule has 0 N–H and O–H groups in total. The fourth-order valence-electron chi connectivity index (χ4n) is 2.87. The predicted octanol–water partition coefficient (Wildman–Crippen LogP) is 3.02. The van der Waals surface area contributed by atoms with Gasteiger partial charge in [-0.2, -0.15) is 0 Å². The molecule has 1 aromatic heterocycles. The number of carbonyl (C=O) groups excluding carboxylic acids is 2. The van der Waals surface area contributed by atoms with Crippen molar-refractivity contribution in [3.8, 4) is 11.3 Å². The van der Waals surface area contributed by atoms with Gasteiger partial charge in [0.05, 0.1) is 48.9 Å². The highest BCUT2D eigenvalue weighted by Gasteiger charge is 2.33. The number of hydrogen-bond donors (Lipinski definition) is 0. The summed E-state index contributed by atoms with van der Waals surface area (Å²) in [7, 11) is 3.24. The first-order valence-corrected chi connectivity index (χ1v) is 8.79. The summed E-state index contributed by atoms with van der Waals surface area (Å²) in [6, 6.07) is 3.32. The Hall–Kier alpha value is -3.17. The van der Waals surface area contributed by atoms with Gasteiger partial charge in [-0.15, -0.1) is 0 Å². The molecule has 1 aromatic carbocycles. The predicted molar refractivity (Wildman–Crippen MR) is 96.4 cm³/mol. The minimum absolute atomic E-state index is 0.0763. The Morgan fingerprint density at radius 3 is 2.79 bits per heavy atom. The first-order valence-electron chi connectivity index (χ1n) is 8.79. The Labute approximate surface area is 165 Å². The molecule has 1 saturated heterocycles. The fraction of sp³-hybridized carbons (Fsp3) is 0.368. The number of rotatable bonds is 6. The van der Waals surface area contributed by atoms with Gasteiger partial charge in [0, 0.05) is 19.7 Å². The highest BCUT2D eigenvalue weighted by Crippen LogP contribution is 2.27. The van der Waals surface area contributed by atoms with E-state index in [1.165, 1.54) is 28.3 Å². The van der Waals surface area contributed by atoms with Crippen molar-refractivity contribution < 1.29 is 27.5 Å². The first-order chi connectivity index (χ1) is 13.7. The van der Waals surface area contributed by atoms with Crippen LogP contribution >= 0.6 is 0 Å². The van der Waals surface area contributed by atoms with Crippen molar-refractivity contribution in [3.63, 3.8) is 0 Å². The molecule has 29 heavy (non-hydrogen) atoms. The van der Waals surface area contributed by atoms with Crippen LogP contribution in [0, 0.1) is 5.82 Å². The first kappa shape index (κ1) is 20.6. The van der Waals surface area contributed by atoms with Crippen LogP contribution in [-0.2, 0) is 16.1 Å². The molecule has 2 amide bonds. The number of halogens is 3. The second kappa shape index (κ2) is 8.46. The fourth-order valence-corrected chi connectivity index (χ4v) is 2.87. The van der Waals surface area contributed by atoms with Crippen LogP contribution in [0.4, 0.5) is 18.0 Å². The van der Waals surface area contributed by atoms with E-state index in [0.717, 1.165) is 12.1 Å². The summed E-state index contributed by atoms with van der Waals surface area (Å²) in [6.45, 7) is 0.297. The molecule has 1 aliphatic heterocycles. The third-order valence-corrected chi connectivity index (χ3v) is 4.41. The van der Waals surface area contributed by atoms with E-state index in [-0.39, 0.29) is 36.7 Å². The van der Waals surface area contributed by atoms with E-state index in [9.17, 15) is 22.8 Å². The Morgan fingerprint density at radius 2 is 2.10 bits per heavy atom. The molecule has 7 nitrogen and oxygen atoms in total. The van der Waals surface area contributed by atoms with Crippen molar-refractivity contribution in [3.05, 3.63) is 47.7 Å². The summed E-state index contributed by atoms with van der Waals surface area (Å²) >= 11 is 0. The van der Waals surface area contributed by atoms with Crippen LogP contribution in [0.1, 0.15) is 24.1 Å². The zero-order chi connectivity index (χ0) is 21.1. The second-order valence-corrected chi connectivity index (χ2v) is 6.81. The Bertz CT molecular complexity index is 923. The number of nitrogens with zero attached hydrogens (tertiary/aromatic N) is 4. The summed E-state index contributed by atoms with van der Waals surface area (Å²) in [4.78, 5) is 35.0. The number of hydrogen-bond acceptors (Lipinski definition) is 5. The number of aromatic nitrogens is 2. The van der Waals surface area contributed by atoms with Crippen LogP contribution in [0.25, 0.3) is 11.3 Å². The lowest BCUT2D eigenvalue weighted by Gasteiger charge is -2.14. The molecule has 2 aromatic rings. The van der Waals surface area contributed by atoms with Crippen LogP contribution in [0.2, 0.25) is 0 Å². The minimum atomic E-state index is -2.95. The lowest BCUT2D eigenvalue weighted by Crippen LogP contribution is -2.29. The number of amides is 2. The third-order valence-electron chi connectivity index (χ3n) is 4.41. The van der Waals surface area contributed by atoms with Gasteiger partial charge in [0.2, 0.25) is 5.91 Å². The van der Waals surface area contributed by atoms with Crippen LogP contribution in [0.5, 0.6) is 0 Å². The molecule has 0 radical (unpaired) electrons. The minimum Gasteiger partial charge on any atom is -0.444 e. The highest BCUT2D eigenvalue weighted by molar-refractivity contribution is 5.77. The molecule has 1 fully saturated rings. The van der Waals surface area contributed by atoms with E-state index >= 15 is 0 Å². The van der Waals surface area contributed by atoms with E-state index < -0.39 is 30.0 Å². The molecule has 0 saturated carbocycles. The van der Waals surface area contributed by atoms with E-state index in [2.05, 4.69) is 9.97 Å². The van der Waals surface area contributed by atoms with Gasteiger partial charge in [-0.1, -0.05) is 0 Å². The maximum Gasteiger partial charge on any atom is 0.410 e. The standard InChI is InChI=1S/C19H19F3N4O3/c1-25(2)17(27)6-13-10-26(19(28)29-13)9-12-7-23-8-16(24-12)11-3-4-15(20)14(5-11)18(21)22/h3-5,7-8,13,18H,6,9-10H2,1-2H3. The molecule has 0 aliphatic carbocycles. The number of cyclic esters (lactones) is 1. The summed E-state index contributed by atoms with van der Waals surface area (Å²) in [5, 5.41) is 0. The van der Waals surface area contributed by atoms with Gasteiger partial charge in [0.1, 0.15) is 11.9 Å². The molecule has 1 aliphatic rings. The van der Waals surface area contributed by atoms with Gasteiger partial charge in [0.15, 0.2) is 0 Å². The Kier molecular flexibility index (Phi) is 6.00. The van der Waals surface area contributed by atoms with Gasteiger partial charge >= 0.3 is 6.09 Å². The molecular formula is C19H19F3N4O3. The second-order valence-electron chi connectivity index (χ2n) is 6.81. The molecule has 1 atom stereocenters. The molecule has 2 heterocycles. The van der Waals surface area contributed by atoms with Crippen molar-refractivity contribution in [1.82, 2.24) is 19.8 Å². The van der Waals surface area contributed by atoms with Crippen LogP contribution in [-0.4, -0.2) is 58.5 Å². The van der Waals surface area contributed by atoms with E-state index in [4.69, 9.17) is 4.74 Å². The monoisotopic (exact) mass is 408 g/mol. The van der Waals surface area contributed by atoms with Gasteiger partial charge < -0.3 is 9.64 Å². The smallest absolute Gasteiger partial charge is 0.410 e. The van der Waals surface area contributed by atoms with Gasteiger partial charge in [-0.05, 0) is 18.2 Å². The lowest BCUT2D eigenvalue weighted by molar-refractivity contribution is -0.130. The largest absolute Gasteiger partial charge is 0.444 e. The average Bonchev–Trinajstić information content (AvgIpc) is 3.00. The lowest BCUT2D eigenvalue weighted by atomic mass is 10.1. The Morgan fingerprint density at radius 1 is 1.34 bits per heavy atom. The summed E-state index contributed by atoms with van der Waals surface area (Å²) in [5.74, 6) is -1.15. The molecule has 0 bridgehead atoms. The van der Waals surface area contributed by atoms with Crippen molar-refractivity contribution in [1.29, 1.82) is 0 Å².